The van der Waals surface area contributed by atoms with Gasteiger partial charge in [0, 0.05) is 18.8 Å². The van der Waals surface area contributed by atoms with Gasteiger partial charge in [0.2, 0.25) is 0 Å². The number of likely N-dealkylation sites (tertiary alicyclic amines) is 1. The molecule has 2 rings (SSSR count). The van der Waals surface area contributed by atoms with E-state index in [0.29, 0.717) is 0 Å². The fourth-order valence-electron chi connectivity index (χ4n) is 2.93. The minimum absolute atomic E-state index is 0.866. The third-order valence-corrected chi connectivity index (χ3v) is 3.76. The van der Waals surface area contributed by atoms with E-state index in [1.807, 2.05) is 0 Å². The second-order valence-electron chi connectivity index (χ2n) is 5.67. The summed E-state index contributed by atoms with van der Waals surface area (Å²) in [7, 11) is 0. The summed E-state index contributed by atoms with van der Waals surface area (Å²) in [6.45, 7) is 7.23. The van der Waals surface area contributed by atoms with Crippen molar-refractivity contribution in [1.82, 2.24) is 4.90 Å². The molecule has 2 aliphatic rings. The summed E-state index contributed by atoms with van der Waals surface area (Å²) in [4.78, 5) is 2.58. The van der Waals surface area contributed by atoms with Gasteiger partial charge in [-0.3, -0.25) is 0 Å². The van der Waals surface area contributed by atoms with Crippen LogP contribution >= 0.6 is 0 Å². The van der Waals surface area contributed by atoms with E-state index in [9.17, 15) is 0 Å². The first-order valence-corrected chi connectivity index (χ1v) is 6.87. The topological polar surface area (TPSA) is 3.24 Å². The van der Waals surface area contributed by atoms with E-state index < -0.39 is 0 Å². The summed E-state index contributed by atoms with van der Waals surface area (Å²) >= 11 is 0. The molecule has 1 heteroatoms. The molecule has 0 aromatic heterocycles. The van der Waals surface area contributed by atoms with Gasteiger partial charge in [-0.15, -0.1) is 0 Å². The number of hydrogen-bond acceptors (Lipinski definition) is 1. The van der Waals surface area contributed by atoms with E-state index >= 15 is 0 Å². The molecule has 0 spiro atoms. The van der Waals surface area contributed by atoms with Gasteiger partial charge >= 0.3 is 0 Å². The van der Waals surface area contributed by atoms with Crippen LogP contribution in [0.4, 0.5) is 0 Å². The average molecular weight is 219 g/mol. The zero-order valence-electron chi connectivity index (χ0n) is 10.8. The van der Waals surface area contributed by atoms with Crippen LogP contribution < -0.4 is 0 Å². The zero-order chi connectivity index (χ0) is 11.4. The van der Waals surface area contributed by atoms with E-state index in [1.54, 1.807) is 0 Å². The van der Waals surface area contributed by atoms with E-state index in [1.165, 1.54) is 50.9 Å². The second-order valence-corrected chi connectivity index (χ2v) is 5.67. The monoisotopic (exact) mass is 219 g/mol. The first-order chi connectivity index (χ1) is 7.75. The van der Waals surface area contributed by atoms with Gasteiger partial charge in [-0.05, 0) is 50.0 Å². The maximum absolute atomic E-state index is 2.58. The van der Waals surface area contributed by atoms with Crippen LogP contribution in [0.25, 0.3) is 0 Å². The molecule has 0 aromatic rings. The molecular weight excluding hydrogens is 194 g/mol. The Morgan fingerprint density at radius 1 is 1.25 bits per heavy atom. The van der Waals surface area contributed by atoms with Gasteiger partial charge in [0.25, 0.3) is 0 Å². The fraction of sp³-hybridized carbons (Fsp3) is 0.733. The molecule has 0 atom stereocenters. The van der Waals surface area contributed by atoms with E-state index in [2.05, 4.69) is 37.0 Å². The lowest BCUT2D eigenvalue weighted by molar-refractivity contribution is 0.210. The molecule has 1 heterocycles. The molecule has 0 saturated carbocycles. The molecule has 0 N–H and O–H groups in total. The minimum atomic E-state index is 0.866. The van der Waals surface area contributed by atoms with Crippen molar-refractivity contribution in [2.75, 3.05) is 13.1 Å². The van der Waals surface area contributed by atoms with Crippen molar-refractivity contribution >= 4 is 0 Å². The molecule has 1 nitrogen and oxygen atoms in total. The van der Waals surface area contributed by atoms with Crippen LogP contribution in [-0.4, -0.2) is 18.0 Å². The van der Waals surface area contributed by atoms with Crippen molar-refractivity contribution in [3.8, 4) is 0 Å². The lowest BCUT2D eigenvalue weighted by Crippen LogP contribution is -2.33. The molecule has 1 fully saturated rings. The summed E-state index contributed by atoms with van der Waals surface area (Å²) in [5.41, 5.74) is 1.48. The first kappa shape index (κ1) is 11.8. The van der Waals surface area contributed by atoms with Crippen LogP contribution in [0.15, 0.2) is 23.9 Å². The van der Waals surface area contributed by atoms with Gasteiger partial charge in [0.15, 0.2) is 0 Å². The minimum Gasteiger partial charge on any atom is -0.372 e. The standard InChI is InChI=1S/C15H25N/c1-13(2)12-14-8-10-16(11-9-14)15-6-4-3-5-7-15/h4,6-7,13-14H,3,5,8-12H2,1-2H3. The van der Waals surface area contributed by atoms with Crippen LogP contribution in [0.5, 0.6) is 0 Å². The number of piperidine rings is 1. The highest BCUT2D eigenvalue weighted by molar-refractivity contribution is 5.21. The fourth-order valence-corrected chi connectivity index (χ4v) is 2.93. The molecule has 90 valence electrons. The highest BCUT2D eigenvalue weighted by Crippen LogP contribution is 2.27. The van der Waals surface area contributed by atoms with Crippen molar-refractivity contribution in [3.05, 3.63) is 23.9 Å². The van der Waals surface area contributed by atoms with Crippen molar-refractivity contribution in [3.63, 3.8) is 0 Å². The molecule has 0 bridgehead atoms. The highest BCUT2D eigenvalue weighted by Gasteiger charge is 2.20. The lowest BCUT2D eigenvalue weighted by atomic mass is 9.88. The Balaban J connectivity index is 1.81. The van der Waals surface area contributed by atoms with Crippen LogP contribution in [0.1, 0.15) is 46.0 Å². The molecule has 1 aliphatic carbocycles. The number of hydrogen-bond donors (Lipinski definition) is 0. The van der Waals surface area contributed by atoms with Crippen LogP contribution in [-0.2, 0) is 0 Å². The molecule has 0 radical (unpaired) electrons. The first-order valence-electron chi connectivity index (χ1n) is 6.87. The van der Waals surface area contributed by atoms with Crippen LogP contribution in [0.2, 0.25) is 0 Å². The summed E-state index contributed by atoms with van der Waals surface area (Å²) in [6, 6.07) is 0. The summed E-state index contributed by atoms with van der Waals surface area (Å²) in [6.07, 6.45) is 13.7. The molecule has 16 heavy (non-hydrogen) atoms. The number of rotatable bonds is 3. The second kappa shape index (κ2) is 5.56. The largest absolute Gasteiger partial charge is 0.372 e. The Bertz CT molecular complexity index is 267. The highest BCUT2D eigenvalue weighted by atomic mass is 15.1. The van der Waals surface area contributed by atoms with Crippen LogP contribution in [0, 0.1) is 11.8 Å². The summed E-state index contributed by atoms with van der Waals surface area (Å²) < 4.78 is 0. The lowest BCUT2D eigenvalue weighted by Gasteiger charge is -2.35. The molecule has 1 saturated heterocycles. The van der Waals surface area contributed by atoms with Crippen molar-refractivity contribution in [2.24, 2.45) is 11.8 Å². The van der Waals surface area contributed by atoms with Gasteiger partial charge in [0.1, 0.15) is 0 Å². The maximum Gasteiger partial charge on any atom is 0.0322 e. The molecule has 0 amide bonds. The van der Waals surface area contributed by atoms with E-state index in [0.717, 1.165) is 11.8 Å². The van der Waals surface area contributed by atoms with Gasteiger partial charge in [-0.2, -0.15) is 0 Å². The van der Waals surface area contributed by atoms with Crippen LogP contribution in [0.3, 0.4) is 0 Å². The third-order valence-electron chi connectivity index (χ3n) is 3.76. The third kappa shape index (κ3) is 3.13. The van der Waals surface area contributed by atoms with Gasteiger partial charge in [-0.1, -0.05) is 26.0 Å². The Morgan fingerprint density at radius 2 is 2.00 bits per heavy atom. The van der Waals surface area contributed by atoms with E-state index in [4.69, 9.17) is 0 Å². The normalized spacial score (nSPS) is 22.7. The Hall–Kier alpha value is -0.720. The van der Waals surface area contributed by atoms with Crippen molar-refractivity contribution < 1.29 is 0 Å². The average Bonchev–Trinajstić information content (AvgIpc) is 2.30. The summed E-state index contributed by atoms with van der Waals surface area (Å²) in [5.74, 6) is 1.84. The van der Waals surface area contributed by atoms with Gasteiger partial charge < -0.3 is 4.90 Å². The number of allylic oxidation sites excluding steroid dienone is 3. The van der Waals surface area contributed by atoms with Crippen molar-refractivity contribution in [2.45, 2.75) is 46.0 Å². The Kier molecular flexibility index (Phi) is 4.09. The molecule has 0 aromatic carbocycles. The van der Waals surface area contributed by atoms with Gasteiger partial charge in [-0.25, -0.2) is 0 Å². The Labute approximate surface area is 100 Å². The van der Waals surface area contributed by atoms with Crippen molar-refractivity contribution in [1.29, 1.82) is 0 Å². The molecular formula is C15H25N. The smallest absolute Gasteiger partial charge is 0.0322 e. The maximum atomic E-state index is 2.58. The zero-order valence-corrected chi connectivity index (χ0v) is 10.8. The predicted molar refractivity (Wildman–Crippen MR) is 70.2 cm³/mol. The Morgan fingerprint density at radius 3 is 2.56 bits per heavy atom. The number of nitrogens with zero attached hydrogens (tertiary/aromatic N) is 1. The summed E-state index contributed by atoms with van der Waals surface area (Å²) in [5, 5.41) is 0. The molecule has 1 aliphatic heterocycles. The predicted octanol–water partition coefficient (Wildman–Crippen LogP) is 3.98. The van der Waals surface area contributed by atoms with Gasteiger partial charge in [0.05, 0.1) is 0 Å². The quantitative estimate of drug-likeness (QED) is 0.694. The van der Waals surface area contributed by atoms with E-state index in [-0.39, 0.29) is 0 Å². The molecule has 0 unspecified atom stereocenters. The SMILES string of the molecule is CC(C)CC1CCN(C2=CCCC=C2)CC1.